The Morgan fingerprint density at radius 2 is 2.04 bits per heavy atom. The van der Waals surface area contributed by atoms with E-state index in [-0.39, 0.29) is 11.7 Å². The molecule has 0 saturated carbocycles. The van der Waals surface area contributed by atoms with Crippen molar-refractivity contribution in [1.82, 2.24) is 0 Å². The van der Waals surface area contributed by atoms with Crippen molar-refractivity contribution in [2.24, 2.45) is 10.2 Å². The zero-order chi connectivity index (χ0) is 17.6. The Kier molecular flexibility index (Phi) is 3.53. The summed E-state index contributed by atoms with van der Waals surface area (Å²) in [7, 11) is 1.36. The van der Waals surface area contributed by atoms with Gasteiger partial charge in [0.2, 0.25) is 0 Å². The summed E-state index contributed by atoms with van der Waals surface area (Å²) in [6, 6.07) is 13.2. The summed E-state index contributed by atoms with van der Waals surface area (Å²) in [4.78, 5) is 25.4. The fraction of sp³-hybridized carbons (Fsp3) is 0.300. The monoisotopic (exact) mass is 334 g/mol. The van der Waals surface area contributed by atoms with Crippen molar-refractivity contribution in [3.8, 4) is 0 Å². The highest BCUT2D eigenvalue weighted by Gasteiger charge is 2.55. The Morgan fingerprint density at radius 3 is 2.84 bits per heavy atom. The normalized spacial score (nSPS) is 23.9. The number of carbonyl (C=O) groups is 2. The number of methoxy groups -OCH3 is 1. The second-order valence-electron chi connectivity index (χ2n) is 6.65. The fourth-order valence-corrected chi connectivity index (χ4v) is 3.94. The minimum absolute atomic E-state index is 0.00267. The maximum absolute atomic E-state index is 13.2. The van der Waals surface area contributed by atoms with Gasteiger partial charge >= 0.3 is 5.97 Å². The smallest absolute Gasteiger partial charge is 0.338 e. The summed E-state index contributed by atoms with van der Waals surface area (Å²) in [6.07, 6.45) is 0.519. The first-order valence-corrected chi connectivity index (χ1v) is 8.27. The van der Waals surface area contributed by atoms with Crippen LogP contribution >= 0.6 is 0 Å². The van der Waals surface area contributed by atoms with Crippen molar-refractivity contribution in [3.63, 3.8) is 0 Å². The third-order valence-electron chi connectivity index (χ3n) is 5.19. The standard InChI is InChI=1S/C20H18N2O3/c1-12-7-8-13-10-20(18(23)16(13)9-12)17(11-21-22-20)14-5-3-4-6-15(14)19(24)25-2/h3-9,17H,10-11H2,1-2H3/t17-,20-/m1/s1. The van der Waals surface area contributed by atoms with Crippen LogP contribution in [0.5, 0.6) is 0 Å². The highest BCUT2D eigenvalue weighted by atomic mass is 16.5. The van der Waals surface area contributed by atoms with Crippen molar-refractivity contribution in [3.05, 3.63) is 70.3 Å². The molecule has 4 rings (SSSR count). The Balaban J connectivity index is 1.82. The van der Waals surface area contributed by atoms with Gasteiger partial charge in [-0.15, -0.1) is 0 Å². The molecule has 5 nitrogen and oxygen atoms in total. The van der Waals surface area contributed by atoms with E-state index in [1.807, 2.05) is 37.3 Å². The van der Waals surface area contributed by atoms with Crippen molar-refractivity contribution in [2.75, 3.05) is 13.7 Å². The molecule has 2 aromatic rings. The number of aryl methyl sites for hydroxylation is 1. The Morgan fingerprint density at radius 1 is 1.24 bits per heavy atom. The average Bonchev–Trinajstić information content (AvgIpc) is 3.17. The molecule has 5 heteroatoms. The largest absolute Gasteiger partial charge is 0.465 e. The van der Waals surface area contributed by atoms with Gasteiger partial charge < -0.3 is 4.74 Å². The van der Waals surface area contributed by atoms with Gasteiger partial charge in [0.05, 0.1) is 19.2 Å². The molecule has 0 N–H and O–H groups in total. The molecule has 0 saturated heterocycles. The maximum atomic E-state index is 13.2. The van der Waals surface area contributed by atoms with E-state index in [2.05, 4.69) is 10.2 Å². The lowest BCUT2D eigenvalue weighted by Crippen LogP contribution is -2.39. The molecule has 1 aliphatic heterocycles. The van der Waals surface area contributed by atoms with Gasteiger partial charge in [0.15, 0.2) is 11.3 Å². The number of azo groups is 1. The molecule has 0 aromatic heterocycles. The zero-order valence-corrected chi connectivity index (χ0v) is 14.2. The molecule has 0 fully saturated rings. The first-order valence-electron chi connectivity index (χ1n) is 8.27. The van der Waals surface area contributed by atoms with Gasteiger partial charge in [-0.05, 0) is 30.2 Å². The predicted molar refractivity (Wildman–Crippen MR) is 92.2 cm³/mol. The Hall–Kier alpha value is -2.82. The van der Waals surface area contributed by atoms with E-state index >= 15 is 0 Å². The van der Waals surface area contributed by atoms with Gasteiger partial charge in [-0.3, -0.25) is 4.79 Å². The summed E-state index contributed by atoms with van der Waals surface area (Å²) in [5.74, 6) is -0.670. The van der Waals surface area contributed by atoms with Crippen LogP contribution < -0.4 is 0 Å². The van der Waals surface area contributed by atoms with Gasteiger partial charge in [0.1, 0.15) is 0 Å². The minimum Gasteiger partial charge on any atom is -0.465 e. The highest BCUT2D eigenvalue weighted by molar-refractivity contribution is 6.09. The van der Waals surface area contributed by atoms with Crippen LogP contribution in [0.4, 0.5) is 0 Å². The van der Waals surface area contributed by atoms with Crippen LogP contribution in [0.3, 0.4) is 0 Å². The highest BCUT2D eigenvalue weighted by Crippen LogP contribution is 2.47. The number of hydrogen-bond donors (Lipinski definition) is 0. The van der Waals surface area contributed by atoms with Crippen molar-refractivity contribution >= 4 is 11.8 Å². The first-order chi connectivity index (χ1) is 12.1. The number of carbonyl (C=O) groups excluding carboxylic acids is 2. The van der Waals surface area contributed by atoms with Crippen molar-refractivity contribution < 1.29 is 14.3 Å². The second-order valence-corrected chi connectivity index (χ2v) is 6.65. The lowest BCUT2D eigenvalue weighted by Gasteiger charge is -2.26. The van der Waals surface area contributed by atoms with Gasteiger partial charge in [-0.2, -0.15) is 10.2 Å². The quantitative estimate of drug-likeness (QED) is 0.789. The van der Waals surface area contributed by atoms with Crippen LogP contribution in [0, 0.1) is 6.92 Å². The van der Waals surface area contributed by atoms with Crippen LogP contribution in [0.15, 0.2) is 52.7 Å². The van der Waals surface area contributed by atoms with Crippen molar-refractivity contribution in [2.45, 2.75) is 24.8 Å². The molecule has 25 heavy (non-hydrogen) atoms. The topological polar surface area (TPSA) is 68.1 Å². The molecule has 1 aliphatic carbocycles. The number of esters is 1. The number of hydrogen-bond acceptors (Lipinski definition) is 5. The predicted octanol–water partition coefficient (Wildman–Crippen LogP) is 3.51. The molecule has 126 valence electrons. The van der Waals surface area contributed by atoms with E-state index in [9.17, 15) is 9.59 Å². The molecule has 2 atom stereocenters. The molecule has 1 heterocycles. The SMILES string of the molecule is COC(=O)c1ccccc1[C@H]1CN=N[C@]12Cc1ccc(C)cc1C2=O. The Labute approximate surface area is 145 Å². The van der Waals surface area contributed by atoms with Gasteiger partial charge in [-0.25, -0.2) is 4.79 Å². The minimum atomic E-state index is -0.944. The maximum Gasteiger partial charge on any atom is 0.338 e. The molecule has 1 spiro atoms. The lowest BCUT2D eigenvalue weighted by molar-refractivity contribution is 0.0597. The van der Waals surface area contributed by atoms with Crippen LogP contribution in [0.2, 0.25) is 0 Å². The first kappa shape index (κ1) is 15.7. The van der Waals surface area contributed by atoms with E-state index in [0.29, 0.717) is 18.5 Å². The third kappa shape index (κ3) is 2.22. The molecule has 0 unspecified atom stereocenters. The number of fused-ring (bicyclic) bond motifs is 1. The van der Waals surface area contributed by atoms with E-state index in [4.69, 9.17) is 4.74 Å². The number of ether oxygens (including phenoxy) is 1. The molecule has 2 aliphatic rings. The van der Waals surface area contributed by atoms with E-state index in [0.717, 1.165) is 22.3 Å². The van der Waals surface area contributed by atoms with E-state index in [1.165, 1.54) is 7.11 Å². The number of nitrogens with zero attached hydrogens (tertiary/aromatic N) is 2. The number of benzene rings is 2. The molecular formula is C20H18N2O3. The summed E-state index contributed by atoms with van der Waals surface area (Å²) in [5, 5.41) is 8.61. The van der Waals surface area contributed by atoms with Crippen LogP contribution in [0.25, 0.3) is 0 Å². The zero-order valence-electron chi connectivity index (χ0n) is 14.2. The third-order valence-corrected chi connectivity index (χ3v) is 5.19. The number of rotatable bonds is 2. The Bertz CT molecular complexity index is 919. The van der Waals surface area contributed by atoms with Crippen molar-refractivity contribution in [1.29, 1.82) is 0 Å². The summed E-state index contributed by atoms with van der Waals surface area (Å²) < 4.78 is 4.91. The molecule has 0 bridgehead atoms. The van der Waals surface area contributed by atoms with Crippen LogP contribution in [0.1, 0.15) is 43.3 Å². The number of Topliss-reactive ketones (excluding diaryl/α,β-unsaturated/α-hetero) is 1. The van der Waals surface area contributed by atoms with Gasteiger partial charge in [0, 0.05) is 17.9 Å². The van der Waals surface area contributed by atoms with Crippen LogP contribution in [-0.2, 0) is 11.2 Å². The lowest BCUT2D eigenvalue weighted by atomic mass is 9.76. The average molecular weight is 334 g/mol. The van der Waals surface area contributed by atoms with Gasteiger partial charge in [0.25, 0.3) is 0 Å². The molecular weight excluding hydrogens is 316 g/mol. The van der Waals surface area contributed by atoms with Gasteiger partial charge in [-0.1, -0.05) is 35.9 Å². The molecule has 2 aromatic carbocycles. The fourth-order valence-electron chi connectivity index (χ4n) is 3.94. The summed E-state index contributed by atoms with van der Waals surface area (Å²) in [5.41, 5.74) is 3.07. The summed E-state index contributed by atoms with van der Waals surface area (Å²) >= 11 is 0. The number of ketones is 1. The van der Waals surface area contributed by atoms with E-state index in [1.54, 1.807) is 12.1 Å². The van der Waals surface area contributed by atoms with E-state index < -0.39 is 11.5 Å². The van der Waals surface area contributed by atoms with Crippen LogP contribution in [-0.4, -0.2) is 30.9 Å². The second kappa shape index (κ2) is 5.62. The summed E-state index contributed by atoms with van der Waals surface area (Å²) in [6.45, 7) is 2.37. The molecule has 0 radical (unpaired) electrons. The molecule has 0 amide bonds.